The molecule has 6 heteroatoms. The van der Waals surface area contributed by atoms with E-state index in [0.29, 0.717) is 23.6 Å². The van der Waals surface area contributed by atoms with E-state index in [4.69, 9.17) is 4.74 Å². The Kier molecular flexibility index (Phi) is 6.79. The maximum Gasteiger partial charge on any atom is 0.300 e. The van der Waals surface area contributed by atoms with Crippen LogP contribution in [-0.4, -0.2) is 16.8 Å². The quantitative estimate of drug-likeness (QED) is 0.180. The maximum atomic E-state index is 15.1. The van der Waals surface area contributed by atoms with E-state index in [9.17, 15) is 14.7 Å². The Bertz CT molecular complexity index is 1540. The van der Waals surface area contributed by atoms with Gasteiger partial charge in [-0.05, 0) is 61.4 Å². The predicted octanol–water partition coefficient (Wildman–Crippen LogP) is 6.65. The lowest BCUT2D eigenvalue weighted by Gasteiger charge is -2.26. The Morgan fingerprint density at radius 2 is 1.58 bits per heavy atom. The number of rotatable bonds is 6. The number of ketones is 1. The molecule has 190 valence electrons. The second-order valence-electron chi connectivity index (χ2n) is 9.28. The number of ether oxygens (including phenoxy) is 1. The minimum atomic E-state index is -1.13. The third kappa shape index (κ3) is 4.68. The van der Waals surface area contributed by atoms with Crippen LogP contribution in [0.3, 0.4) is 0 Å². The van der Waals surface area contributed by atoms with Gasteiger partial charge in [0.2, 0.25) is 0 Å². The number of amides is 1. The van der Waals surface area contributed by atoms with Crippen LogP contribution in [0.15, 0.2) is 103 Å². The molecule has 1 atom stereocenters. The maximum absolute atomic E-state index is 15.1. The first-order valence-corrected chi connectivity index (χ1v) is 12.2. The van der Waals surface area contributed by atoms with Crippen LogP contribution in [0, 0.1) is 19.7 Å². The lowest BCUT2D eigenvalue weighted by atomic mass is 9.94. The molecule has 0 radical (unpaired) electrons. The molecule has 1 fully saturated rings. The summed E-state index contributed by atoms with van der Waals surface area (Å²) >= 11 is 0. The van der Waals surface area contributed by atoms with Crippen molar-refractivity contribution in [3.8, 4) is 5.75 Å². The van der Waals surface area contributed by atoms with E-state index >= 15 is 4.39 Å². The topological polar surface area (TPSA) is 66.8 Å². The number of aliphatic hydroxyl groups excluding tert-OH is 1. The molecule has 5 nitrogen and oxygen atoms in total. The highest BCUT2D eigenvalue weighted by atomic mass is 19.1. The second-order valence-corrected chi connectivity index (χ2v) is 9.28. The average molecular weight is 508 g/mol. The molecule has 1 saturated heterocycles. The predicted molar refractivity (Wildman–Crippen MR) is 144 cm³/mol. The summed E-state index contributed by atoms with van der Waals surface area (Å²) in [5.74, 6) is -2.04. The number of carbonyl (C=O) groups excluding carboxylic acids is 2. The van der Waals surface area contributed by atoms with Crippen molar-refractivity contribution in [1.82, 2.24) is 0 Å². The van der Waals surface area contributed by atoms with Crippen LogP contribution in [0.4, 0.5) is 10.1 Å². The molecule has 0 spiro atoms. The monoisotopic (exact) mass is 507 g/mol. The largest absolute Gasteiger partial charge is 0.507 e. The summed E-state index contributed by atoms with van der Waals surface area (Å²) in [6.07, 6.45) is 0. The molecule has 1 N–H and O–H groups in total. The highest BCUT2D eigenvalue weighted by Crippen LogP contribution is 2.43. The molecular formula is C32H26FNO4. The van der Waals surface area contributed by atoms with Gasteiger partial charge in [-0.15, -0.1) is 0 Å². The molecule has 1 aliphatic rings. The van der Waals surface area contributed by atoms with Crippen molar-refractivity contribution in [3.63, 3.8) is 0 Å². The Hall–Kier alpha value is -4.71. The molecule has 1 amide bonds. The normalized spacial score (nSPS) is 16.6. The smallest absolute Gasteiger partial charge is 0.300 e. The van der Waals surface area contributed by atoms with E-state index in [1.165, 1.54) is 23.1 Å². The van der Waals surface area contributed by atoms with Crippen LogP contribution in [-0.2, 0) is 16.2 Å². The number of halogens is 1. The zero-order valence-electron chi connectivity index (χ0n) is 21.0. The first kappa shape index (κ1) is 25.0. The fraction of sp³-hybridized carbons (Fsp3) is 0.125. The van der Waals surface area contributed by atoms with Crippen molar-refractivity contribution in [3.05, 3.63) is 136 Å². The Balaban J connectivity index is 1.57. The Labute approximate surface area is 220 Å². The van der Waals surface area contributed by atoms with Gasteiger partial charge in [0.1, 0.15) is 23.9 Å². The number of aliphatic hydroxyl groups is 1. The second kappa shape index (κ2) is 10.3. The zero-order valence-corrected chi connectivity index (χ0v) is 21.0. The third-order valence-corrected chi connectivity index (χ3v) is 6.64. The SMILES string of the molecule is Cc1ccc(N2C(=O)C(=O)/C(=C(/O)c3ccc(OCc4ccccc4)c(C)c3)C2c2ccccc2F)cc1. The number of anilines is 1. The summed E-state index contributed by atoms with van der Waals surface area (Å²) in [5.41, 5.74) is 3.44. The minimum Gasteiger partial charge on any atom is -0.507 e. The molecule has 1 unspecified atom stereocenters. The summed E-state index contributed by atoms with van der Waals surface area (Å²) in [5, 5.41) is 11.4. The van der Waals surface area contributed by atoms with Gasteiger partial charge in [0.25, 0.3) is 11.7 Å². The minimum absolute atomic E-state index is 0.119. The zero-order chi connectivity index (χ0) is 26.8. The summed E-state index contributed by atoms with van der Waals surface area (Å²) in [7, 11) is 0. The number of carbonyl (C=O) groups is 2. The molecule has 1 heterocycles. The van der Waals surface area contributed by atoms with E-state index < -0.39 is 23.5 Å². The number of hydrogen-bond acceptors (Lipinski definition) is 4. The van der Waals surface area contributed by atoms with Crippen molar-refractivity contribution in [2.75, 3.05) is 4.90 Å². The van der Waals surface area contributed by atoms with Crippen molar-refractivity contribution < 1.29 is 23.8 Å². The van der Waals surface area contributed by atoms with Gasteiger partial charge in [-0.2, -0.15) is 0 Å². The molecule has 0 bridgehead atoms. The van der Waals surface area contributed by atoms with Crippen LogP contribution in [0.5, 0.6) is 5.75 Å². The Morgan fingerprint density at radius 3 is 2.26 bits per heavy atom. The van der Waals surface area contributed by atoms with E-state index in [1.54, 1.807) is 36.4 Å². The van der Waals surface area contributed by atoms with E-state index in [1.807, 2.05) is 56.3 Å². The summed E-state index contributed by atoms with van der Waals surface area (Å²) in [4.78, 5) is 27.8. The highest BCUT2D eigenvalue weighted by Gasteiger charge is 2.47. The molecule has 0 aliphatic carbocycles. The average Bonchev–Trinajstić information content (AvgIpc) is 3.18. The highest BCUT2D eigenvalue weighted by molar-refractivity contribution is 6.51. The van der Waals surface area contributed by atoms with Crippen LogP contribution < -0.4 is 9.64 Å². The fourth-order valence-corrected chi connectivity index (χ4v) is 4.64. The summed E-state index contributed by atoms with van der Waals surface area (Å²) in [6, 6.07) is 26.6. The van der Waals surface area contributed by atoms with E-state index in [0.717, 1.165) is 16.7 Å². The number of nitrogens with zero attached hydrogens (tertiary/aromatic N) is 1. The first-order valence-electron chi connectivity index (χ1n) is 12.2. The van der Waals surface area contributed by atoms with Gasteiger partial charge in [0.15, 0.2) is 0 Å². The molecule has 5 rings (SSSR count). The molecule has 4 aromatic rings. The number of Topliss-reactive ketones (excluding diaryl/α,β-unsaturated/α-hetero) is 1. The number of hydrogen-bond donors (Lipinski definition) is 1. The van der Waals surface area contributed by atoms with Gasteiger partial charge in [0, 0.05) is 16.8 Å². The molecule has 38 heavy (non-hydrogen) atoms. The van der Waals surface area contributed by atoms with Gasteiger partial charge in [-0.1, -0.05) is 66.2 Å². The van der Waals surface area contributed by atoms with Crippen LogP contribution in [0.25, 0.3) is 5.76 Å². The van der Waals surface area contributed by atoms with Crippen molar-refractivity contribution in [1.29, 1.82) is 0 Å². The van der Waals surface area contributed by atoms with Gasteiger partial charge >= 0.3 is 0 Å². The standard InChI is InChI=1S/C32H26FNO4/c1-20-12-15-24(16-13-20)34-29(25-10-6-7-11-26(25)33)28(31(36)32(34)37)30(35)23-14-17-27(21(2)18-23)38-19-22-8-4-3-5-9-22/h3-18,29,35H,19H2,1-2H3/b30-28+. The molecule has 0 aromatic heterocycles. The molecular weight excluding hydrogens is 481 g/mol. The first-order chi connectivity index (χ1) is 18.3. The van der Waals surface area contributed by atoms with Crippen molar-refractivity contribution in [2.45, 2.75) is 26.5 Å². The van der Waals surface area contributed by atoms with Gasteiger partial charge < -0.3 is 9.84 Å². The molecule has 4 aromatic carbocycles. The summed E-state index contributed by atoms with van der Waals surface area (Å²) < 4.78 is 21.0. The van der Waals surface area contributed by atoms with Crippen LogP contribution in [0.2, 0.25) is 0 Å². The Morgan fingerprint density at radius 1 is 0.895 bits per heavy atom. The van der Waals surface area contributed by atoms with Gasteiger partial charge in [0.05, 0.1) is 11.6 Å². The van der Waals surface area contributed by atoms with Gasteiger partial charge in [-0.3, -0.25) is 14.5 Å². The summed E-state index contributed by atoms with van der Waals surface area (Å²) in [6.45, 7) is 4.11. The van der Waals surface area contributed by atoms with Crippen LogP contribution in [0.1, 0.15) is 33.9 Å². The number of aryl methyl sites for hydroxylation is 2. The third-order valence-electron chi connectivity index (χ3n) is 6.64. The lowest BCUT2D eigenvalue weighted by Crippen LogP contribution is -2.29. The number of benzene rings is 4. The van der Waals surface area contributed by atoms with E-state index in [-0.39, 0.29) is 16.9 Å². The van der Waals surface area contributed by atoms with Crippen LogP contribution >= 0.6 is 0 Å². The fourth-order valence-electron chi connectivity index (χ4n) is 4.64. The van der Waals surface area contributed by atoms with E-state index in [2.05, 4.69) is 0 Å². The van der Waals surface area contributed by atoms with Crippen molar-refractivity contribution >= 4 is 23.1 Å². The van der Waals surface area contributed by atoms with Gasteiger partial charge in [-0.25, -0.2) is 4.39 Å². The van der Waals surface area contributed by atoms with Crippen molar-refractivity contribution in [2.24, 2.45) is 0 Å². The molecule has 0 saturated carbocycles. The molecule has 1 aliphatic heterocycles. The lowest BCUT2D eigenvalue weighted by molar-refractivity contribution is -0.132.